The van der Waals surface area contributed by atoms with E-state index >= 15 is 0 Å². The number of ether oxygens (including phenoxy) is 1. The summed E-state index contributed by atoms with van der Waals surface area (Å²) in [6.07, 6.45) is 5.09. The number of methoxy groups -OCH3 is 1. The van der Waals surface area contributed by atoms with Gasteiger partial charge in [-0.2, -0.15) is 0 Å². The van der Waals surface area contributed by atoms with Gasteiger partial charge in [-0.1, -0.05) is 61.2 Å². The first-order chi connectivity index (χ1) is 20.1. The number of carbonyl (C=O) groups is 2. The monoisotopic (exact) mass is 611 g/mol. The number of sulfonamides is 1. The topological polar surface area (TPSA) is 96.0 Å². The van der Waals surface area contributed by atoms with Crippen LogP contribution in [0.5, 0.6) is 5.75 Å². The second-order valence-corrected chi connectivity index (χ2v) is 12.9. The molecular formula is C32H38ClN3O5S. The fraction of sp³-hybridized carbons (Fsp3) is 0.375. The molecule has 1 atom stereocenters. The Labute approximate surface area is 253 Å². The van der Waals surface area contributed by atoms with E-state index < -0.39 is 28.5 Å². The molecular weight excluding hydrogens is 574 g/mol. The number of aryl methyl sites for hydroxylation is 1. The number of halogens is 1. The molecule has 0 saturated heterocycles. The van der Waals surface area contributed by atoms with Crippen molar-refractivity contribution in [2.45, 2.75) is 69.5 Å². The zero-order chi connectivity index (χ0) is 30.3. The van der Waals surface area contributed by atoms with E-state index in [2.05, 4.69) is 5.32 Å². The van der Waals surface area contributed by atoms with Crippen molar-refractivity contribution in [2.75, 3.05) is 18.0 Å². The summed E-state index contributed by atoms with van der Waals surface area (Å²) in [7, 11) is -2.71. The van der Waals surface area contributed by atoms with E-state index in [0.29, 0.717) is 10.8 Å². The van der Waals surface area contributed by atoms with Gasteiger partial charge in [0, 0.05) is 17.6 Å². The molecule has 0 spiro atoms. The SMILES string of the molecule is COc1ccc(S(=O)(=O)N(CC(=O)N(Cc2ccccc2C)C(C)C(=O)NC2CCCCC2)c2cccc(Cl)c2)cc1. The van der Waals surface area contributed by atoms with E-state index in [-0.39, 0.29) is 29.1 Å². The lowest BCUT2D eigenvalue weighted by molar-refractivity contribution is -0.139. The van der Waals surface area contributed by atoms with Gasteiger partial charge in [-0.3, -0.25) is 13.9 Å². The first-order valence-electron chi connectivity index (χ1n) is 14.2. The number of rotatable bonds is 11. The van der Waals surface area contributed by atoms with Crippen molar-refractivity contribution in [2.24, 2.45) is 0 Å². The summed E-state index contributed by atoms with van der Waals surface area (Å²) < 4.78 is 34.2. The van der Waals surface area contributed by atoms with Crippen LogP contribution < -0.4 is 14.4 Å². The minimum atomic E-state index is -4.20. The summed E-state index contributed by atoms with van der Waals surface area (Å²) in [5.41, 5.74) is 2.07. The van der Waals surface area contributed by atoms with Crippen molar-refractivity contribution in [3.63, 3.8) is 0 Å². The van der Waals surface area contributed by atoms with Crippen LogP contribution in [0, 0.1) is 6.92 Å². The summed E-state index contributed by atoms with van der Waals surface area (Å²) >= 11 is 6.25. The van der Waals surface area contributed by atoms with E-state index in [1.54, 1.807) is 37.3 Å². The number of nitrogens with zero attached hydrogens (tertiary/aromatic N) is 2. The maximum absolute atomic E-state index is 14.1. The molecule has 0 bridgehead atoms. The number of nitrogens with one attached hydrogen (secondary N) is 1. The normalized spacial score (nSPS) is 14.6. The van der Waals surface area contributed by atoms with Gasteiger partial charge < -0.3 is 15.0 Å². The van der Waals surface area contributed by atoms with Crippen molar-refractivity contribution < 1.29 is 22.7 Å². The molecule has 1 fully saturated rings. The molecule has 1 aliphatic rings. The highest BCUT2D eigenvalue weighted by Gasteiger charge is 2.33. The molecule has 3 aromatic rings. The van der Waals surface area contributed by atoms with Crippen LogP contribution in [0.15, 0.2) is 77.7 Å². The largest absolute Gasteiger partial charge is 0.497 e. The molecule has 1 N–H and O–H groups in total. The van der Waals surface area contributed by atoms with Crippen molar-refractivity contribution >= 4 is 39.1 Å². The van der Waals surface area contributed by atoms with Crippen LogP contribution in [0.25, 0.3) is 0 Å². The van der Waals surface area contributed by atoms with Gasteiger partial charge >= 0.3 is 0 Å². The van der Waals surface area contributed by atoms with Crippen LogP contribution in [0.3, 0.4) is 0 Å². The Morgan fingerprint density at radius 1 is 1.00 bits per heavy atom. The quantitative estimate of drug-likeness (QED) is 0.299. The third kappa shape index (κ3) is 7.63. The molecule has 4 rings (SSSR count). The number of carbonyl (C=O) groups excluding carboxylic acids is 2. The molecule has 10 heteroatoms. The summed E-state index contributed by atoms with van der Waals surface area (Å²) in [5.74, 6) is -0.265. The highest BCUT2D eigenvalue weighted by Crippen LogP contribution is 2.28. The average Bonchev–Trinajstić information content (AvgIpc) is 2.99. The average molecular weight is 612 g/mol. The first kappa shape index (κ1) is 31.4. The number of amides is 2. The molecule has 1 aliphatic carbocycles. The molecule has 42 heavy (non-hydrogen) atoms. The van der Waals surface area contributed by atoms with Gasteiger partial charge in [-0.05, 0) is 80.3 Å². The molecule has 1 unspecified atom stereocenters. The minimum absolute atomic E-state index is 0.00961. The molecule has 0 heterocycles. The van der Waals surface area contributed by atoms with Gasteiger partial charge in [0.25, 0.3) is 10.0 Å². The second kappa shape index (κ2) is 14.1. The standard InChI is InChI=1S/C32H38ClN3O5S/c1-23-10-7-8-11-25(23)21-35(24(2)32(38)34-27-13-5-4-6-14-27)31(37)22-36(28-15-9-12-26(33)20-28)42(39,40)30-18-16-29(41-3)17-19-30/h7-12,15-20,24,27H,4-6,13-14,21-22H2,1-3H3,(H,34,38). The van der Waals surface area contributed by atoms with E-state index in [9.17, 15) is 18.0 Å². The minimum Gasteiger partial charge on any atom is -0.497 e. The lowest BCUT2D eigenvalue weighted by atomic mass is 9.95. The van der Waals surface area contributed by atoms with Crippen molar-refractivity contribution in [3.8, 4) is 5.75 Å². The third-order valence-electron chi connectivity index (χ3n) is 7.74. The number of hydrogen-bond acceptors (Lipinski definition) is 5. The maximum atomic E-state index is 14.1. The Kier molecular flexibility index (Phi) is 10.5. The molecule has 224 valence electrons. The second-order valence-electron chi connectivity index (χ2n) is 10.6. The molecule has 2 amide bonds. The van der Waals surface area contributed by atoms with E-state index in [1.165, 1.54) is 30.2 Å². The highest BCUT2D eigenvalue weighted by molar-refractivity contribution is 7.92. The highest BCUT2D eigenvalue weighted by atomic mass is 35.5. The number of benzene rings is 3. The molecule has 3 aromatic carbocycles. The van der Waals surface area contributed by atoms with Crippen LogP contribution in [0.2, 0.25) is 5.02 Å². The van der Waals surface area contributed by atoms with Crippen LogP contribution in [-0.2, 0) is 26.2 Å². The predicted molar refractivity (Wildman–Crippen MR) is 165 cm³/mol. The Morgan fingerprint density at radius 3 is 2.33 bits per heavy atom. The smallest absolute Gasteiger partial charge is 0.264 e. The Morgan fingerprint density at radius 2 is 1.69 bits per heavy atom. The molecule has 1 saturated carbocycles. The summed E-state index contributed by atoms with van der Waals surface area (Å²) in [4.78, 5) is 29.0. The Bertz CT molecular complexity index is 1490. The van der Waals surface area contributed by atoms with Crippen LogP contribution in [0.4, 0.5) is 5.69 Å². The zero-order valence-electron chi connectivity index (χ0n) is 24.3. The molecule has 8 nitrogen and oxygen atoms in total. The van der Waals surface area contributed by atoms with Gasteiger partial charge in [0.2, 0.25) is 11.8 Å². The van der Waals surface area contributed by atoms with E-state index in [1.807, 2.05) is 31.2 Å². The van der Waals surface area contributed by atoms with Crippen molar-refractivity contribution in [1.82, 2.24) is 10.2 Å². The maximum Gasteiger partial charge on any atom is 0.264 e. The Balaban J connectivity index is 1.68. The van der Waals surface area contributed by atoms with Crippen molar-refractivity contribution in [3.05, 3.63) is 88.9 Å². The third-order valence-corrected chi connectivity index (χ3v) is 9.77. The van der Waals surface area contributed by atoms with Crippen LogP contribution in [-0.4, -0.2) is 50.9 Å². The van der Waals surface area contributed by atoms with Gasteiger partial charge in [-0.15, -0.1) is 0 Å². The van der Waals surface area contributed by atoms with Crippen LogP contribution >= 0.6 is 11.6 Å². The fourth-order valence-corrected chi connectivity index (χ4v) is 6.75. The van der Waals surface area contributed by atoms with Crippen molar-refractivity contribution in [1.29, 1.82) is 0 Å². The lowest BCUT2D eigenvalue weighted by Gasteiger charge is -2.33. The molecule has 0 aliphatic heterocycles. The number of hydrogen-bond donors (Lipinski definition) is 1. The predicted octanol–water partition coefficient (Wildman–Crippen LogP) is 5.72. The summed E-state index contributed by atoms with van der Waals surface area (Å²) in [6.45, 7) is 3.26. The summed E-state index contributed by atoms with van der Waals surface area (Å²) in [5, 5.41) is 3.45. The van der Waals surface area contributed by atoms with E-state index in [0.717, 1.165) is 47.5 Å². The Hall–Kier alpha value is -3.56. The lowest BCUT2D eigenvalue weighted by Crippen LogP contribution is -2.53. The fourth-order valence-electron chi connectivity index (χ4n) is 5.16. The van der Waals surface area contributed by atoms with Crippen LogP contribution in [0.1, 0.15) is 50.2 Å². The van der Waals surface area contributed by atoms with Gasteiger partial charge in [-0.25, -0.2) is 8.42 Å². The van der Waals surface area contributed by atoms with Gasteiger partial charge in [0.1, 0.15) is 18.3 Å². The molecule has 0 radical (unpaired) electrons. The van der Waals surface area contributed by atoms with Gasteiger partial charge in [0.05, 0.1) is 17.7 Å². The summed E-state index contributed by atoms with van der Waals surface area (Å²) in [6, 6.07) is 19.2. The zero-order valence-corrected chi connectivity index (χ0v) is 25.8. The number of anilines is 1. The van der Waals surface area contributed by atoms with E-state index in [4.69, 9.17) is 16.3 Å². The first-order valence-corrected chi connectivity index (χ1v) is 16.0. The molecule has 0 aromatic heterocycles. The van der Waals surface area contributed by atoms with Gasteiger partial charge in [0.15, 0.2) is 0 Å².